The topological polar surface area (TPSA) is 56.5 Å². The lowest BCUT2D eigenvalue weighted by Crippen LogP contribution is -2.11. The van der Waals surface area contributed by atoms with Crippen molar-refractivity contribution in [3.63, 3.8) is 0 Å². The van der Waals surface area contributed by atoms with Gasteiger partial charge in [0, 0.05) is 7.05 Å². The third kappa shape index (κ3) is 1.37. The first-order valence-corrected chi connectivity index (χ1v) is 4.55. The maximum absolute atomic E-state index is 4.91. The predicted octanol–water partition coefficient (Wildman–Crippen LogP) is 1.06. The standard InChI is InChI=1S/C8H9N5S/c1-4-6-7(11-8(14)9-4)10-5(2)13(3)12-6/h1-3H3. The lowest BCUT2D eigenvalue weighted by atomic mass is 10.3. The fourth-order valence-corrected chi connectivity index (χ4v) is 1.39. The molecule has 0 saturated heterocycles. The summed E-state index contributed by atoms with van der Waals surface area (Å²) in [4.78, 5) is 12.4. The lowest BCUT2D eigenvalue weighted by molar-refractivity contribution is 0.669. The van der Waals surface area contributed by atoms with Crippen molar-refractivity contribution in [2.24, 2.45) is 7.05 Å². The third-order valence-corrected chi connectivity index (χ3v) is 2.19. The van der Waals surface area contributed by atoms with E-state index in [1.165, 1.54) is 0 Å². The smallest absolute Gasteiger partial charge is 0.221 e. The Labute approximate surface area is 86.2 Å². The molecular weight excluding hydrogens is 198 g/mol. The molecule has 2 aliphatic rings. The number of hydrogen-bond donors (Lipinski definition) is 0. The Balaban J connectivity index is 2.89. The highest BCUT2D eigenvalue weighted by Gasteiger charge is 2.12. The summed E-state index contributed by atoms with van der Waals surface area (Å²) in [6, 6.07) is 0. The molecule has 0 atom stereocenters. The second-order valence-electron chi connectivity index (χ2n) is 3.05. The fourth-order valence-electron chi connectivity index (χ4n) is 1.17. The van der Waals surface area contributed by atoms with E-state index in [1.54, 1.807) is 4.68 Å². The SMILES string of the molecule is Cc1nc(=S)nc2nc(C)n(C)nc1-2. The van der Waals surface area contributed by atoms with Crippen LogP contribution in [0.3, 0.4) is 0 Å². The van der Waals surface area contributed by atoms with E-state index in [2.05, 4.69) is 20.1 Å². The van der Waals surface area contributed by atoms with Crippen molar-refractivity contribution in [2.45, 2.75) is 13.8 Å². The number of rotatable bonds is 0. The number of aromatic nitrogens is 5. The Morgan fingerprint density at radius 3 is 2.57 bits per heavy atom. The largest absolute Gasteiger partial charge is 0.254 e. The zero-order valence-corrected chi connectivity index (χ0v) is 8.96. The van der Waals surface area contributed by atoms with E-state index in [0.29, 0.717) is 16.3 Å². The molecule has 0 aliphatic carbocycles. The van der Waals surface area contributed by atoms with E-state index < -0.39 is 0 Å². The first-order valence-electron chi connectivity index (χ1n) is 4.14. The Morgan fingerprint density at radius 2 is 1.86 bits per heavy atom. The molecule has 0 spiro atoms. The van der Waals surface area contributed by atoms with Gasteiger partial charge in [-0.1, -0.05) is 0 Å². The highest BCUT2D eigenvalue weighted by molar-refractivity contribution is 7.71. The summed E-state index contributed by atoms with van der Waals surface area (Å²) < 4.78 is 2.01. The van der Waals surface area contributed by atoms with Gasteiger partial charge in [-0.2, -0.15) is 10.1 Å². The summed E-state index contributed by atoms with van der Waals surface area (Å²) in [5.41, 5.74) is 1.47. The van der Waals surface area contributed by atoms with Crippen LogP contribution in [0.15, 0.2) is 0 Å². The Hall–Kier alpha value is -1.43. The van der Waals surface area contributed by atoms with Crippen LogP contribution in [0.5, 0.6) is 0 Å². The van der Waals surface area contributed by atoms with Gasteiger partial charge in [-0.05, 0) is 26.1 Å². The van der Waals surface area contributed by atoms with Gasteiger partial charge in [-0.25, -0.2) is 9.97 Å². The van der Waals surface area contributed by atoms with E-state index in [9.17, 15) is 0 Å². The second kappa shape index (κ2) is 3.06. The maximum atomic E-state index is 4.91. The molecule has 5 nitrogen and oxygen atoms in total. The molecule has 0 amide bonds. The van der Waals surface area contributed by atoms with Gasteiger partial charge in [0.15, 0.2) is 5.82 Å². The van der Waals surface area contributed by atoms with Gasteiger partial charge in [-0.3, -0.25) is 4.68 Å². The summed E-state index contributed by atoms with van der Waals surface area (Å²) in [5.74, 6) is 1.36. The first kappa shape index (κ1) is 9.14. The molecule has 6 heteroatoms. The minimum absolute atomic E-state index is 0.317. The minimum atomic E-state index is 0.317. The van der Waals surface area contributed by atoms with Crippen LogP contribution in [0, 0.1) is 18.6 Å². The van der Waals surface area contributed by atoms with Crippen LogP contribution in [0.25, 0.3) is 11.5 Å². The molecule has 0 bridgehead atoms. The number of hydrogen-bond acceptors (Lipinski definition) is 5. The quantitative estimate of drug-likeness (QED) is 0.604. The Morgan fingerprint density at radius 1 is 1.14 bits per heavy atom. The molecule has 2 aliphatic heterocycles. The predicted molar refractivity (Wildman–Crippen MR) is 53.5 cm³/mol. The van der Waals surface area contributed by atoms with E-state index in [-0.39, 0.29) is 0 Å². The fraction of sp³-hybridized carbons (Fsp3) is 0.375. The zero-order chi connectivity index (χ0) is 10.3. The number of nitrogens with zero attached hydrogens (tertiary/aromatic N) is 5. The summed E-state index contributed by atoms with van der Waals surface area (Å²) in [5, 5.41) is 4.30. The highest BCUT2D eigenvalue weighted by Crippen LogP contribution is 2.15. The Kier molecular flexibility index (Phi) is 1.99. The molecule has 2 heterocycles. The molecule has 72 valence electrons. The van der Waals surface area contributed by atoms with Crippen LogP contribution in [-0.4, -0.2) is 24.7 Å². The van der Waals surface area contributed by atoms with Crippen molar-refractivity contribution >= 4 is 12.2 Å². The number of fused-ring (bicyclic) bond motifs is 1. The molecular formula is C8H9N5S. The summed E-state index contributed by atoms with van der Waals surface area (Å²) in [7, 11) is 1.84. The molecule has 0 N–H and O–H groups in total. The van der Waals surface area contributed by atoms with E-state index in [1.807, 2.05) is 20.9 Å². The van der Waals surface area contributed by atoms with Crippen LogP contribution in [0.2, 0.25) is 0 Å². The molecule has 0 aromatic carbocycles. The van der Waals surface area contributed by atoms with Crippen molar-refractivity contribution in [3.8, 4) is 11.5 Å². The second-order valence-corrected chi connectivity index (χ2v) is 3.41. The van der Waals surface area contributed by atoms with Crippen molar-refractivity contribution in [3.05, 3.63) is 16.3 Å². The average molecular weight is 207 g/mol. The highest BCUT2D eigenvalue weighted by atomic mass is 32.1. The number of aryl methyl sites for hydroxylation is 3. The summed E-state index contributed by atoms with van der Waals surface area (Å²) >= 11 is 4.91. The van der Waals surface area contributed by atoms with Crippen LogP contribution in [-0.2, 0) is 7.05 Å². The molecule has 2 rings (SSSR count). The molecule has 0 unspecified atom stereocenters. The van der Waals surface area contributed by atoms with Crippen LogP contribution >= 0.6 is 12.2 Å². The Bertz CT molecular complexity index is 518. The van der Waals surface area contributed by atoms with Gasteiger partial charge < -0.3 is 0 Å². The van der Waals surface area contributed by atoms with E-state index >= 15 is 0 Å². The summed E-state index contributed by atoms with van der Waals surface area (Å²) in [6.45, 7) is 3.72. The zero-order valence-electron chi connectivity index (χ0n) is 8.14. The molecule has 0 aromatic heterocycles. The maximum Gasteiger partial charge on any atom is 0.221 e. The van der Waals surface area contributed by atoms with Crippen molar-refractivity contribution < 1.29 is 0 Å². The van der Waals surface area contributed by atoms with Crippen LogP contribution in [0.1, 0.15) is 11.5 Å². The van der Waals surface area contributed by atoms with Crippen molar-refractivity contribution in [1.82, 2.24) is 24.7 Å². The van der Waals surface area contributed by atoms with Gasteiger partial charge in [0.05, 0.1) is 5.69 Å². The summed E-state index contributed by atoms with van der Waals surface area (Å²) in [6.07, 6.45) is 0. The minimum Gasteiger partial charge on any atom is -0.254 e. The van der Waals surface area contributed by atoms with Crippen LogP contribution < -0.4 is 0 Å². The van der Waals surface area contributed by atoms with Gasteiger partial charge in [-0.15, -0.1) is 0 Å². The third-order valence-electron chi connectivity index (χ3n) is 2.01. The van der Waals surface area contributed by atoms with Gasteiger partial charge >= 0.3 is 0 Å². The van der Waals surface area contributed by atoms with Gasteiger partial charge in [0.1, 0.15) is 11.5 Å². The van der Waals surface area contributed by atoms with E-state index in [4.69, 9.17) is 12.2 Å². The average Bonchev–Trinajstić information content (AvgIpc) is 2.08. The van der Waals surface area contributed by atoms with Gasteiger partial charge in [0.25, 0.3) is 0 Å². The molecule has 0 radical (unpaired) electrons. The van der Waals surface area contributed by atoms with Crippen LogP contribution in [0.4, 0.5) is 0 Å². The molecule has 0 fully saturated rings. The molecule has 14 heavy (non-hydrogen) atoms. The molecule has 0 aromatic rings. The van der Waals surface area contributed by atoms with E-state index in [0.717, 1.165) is 11.5 Å². The lowest BCUT2D eigenvalue weighted by Gasteiger charge is -2.09. The van der Waals surface area contributed by atoms with Crippen molar-refractivity contribution in [1.29, 1.82) is 0 Å². The first-order chi connectivity index (χ1) is 6.58. The monoisotopic (exact) mass is 207 g/mol. The normalized spacial score (nSPS) is 10.8. The molecule has 0 saturated carbocycles. The van der Waals surface area contributed by atoms with Crippen molar-refractivity contribution in [2.75, 3.05) is 0 Å². The van der Waals surface area contributed by atoms with Gasteiger partial charge in [0.2, 0.25) is 4.77 Å².